The van der Waals surface area contributed by atoms with E-state index in [0.29, 0.717) is 39.3 Å². The second-order valence-corrected chi connectivity index (χ2v) is 8.43. The summed E-state index contributed by atoms with van der Waals surface area (Å²) in [4.78, 5) is 39.2. The van der Waals surface area contributed by atoms with Crippen LogP contribution in [0.3, 0.4) is 0 Å². The number of rotatable bonds is 8. The van der Waals surface area contributed by atoms with Gasteiger partial charge in [-0.3, -0.25) is 24.3 Å². The third-order valence-electron chi connectivity index (χ3n) is 6.07. The van der Waals surface area contributed by atoms with Gasteiger partial charge in [0.1, 0.15) is 6.29 Å². The van der Waals surface area contributed by atoms with E-state index in [-0.39, 0.29) is 49.8 Å². The van der Waals surface area contributed by atoms with Crippen molar-refractivity contribution in [2.45, 2.75) is 26.3 Å². The van der Waals surface area contributed by atoms with Gasteiger partial charge in [-0.2, -0.15) is 0 Å². The minimum Gasteiger partial charge on any atom is -0.483 e. The molecule has 0 amide bonds. The summed E-state index contributed by atoms with van der Waals surface area (Å²) in [5, 5.41) is 33.3. The van der Waals surface area contributed by atoms with Crippen LogP contribution < -0.4 is 0 Å². The number of carboxylic acid groups (broad SMARTS) is 2. The van der Waals surface area contributed by atoms with Gasteiger partial charge < -0.3 is 35.6 Å². The molecule has 1 fully saturated rings. The first-order chi connectivity index (χ1) is 17.4. The summed E-state index contributed by atoms with van der Waals surface area (Å²) >= 11 is 0. The molecule has 13 heteroatoms. The maximum absolute atomic E-state index is 11.3. The van der Waals surface area contributed by atoms with Gasteiger partial charge in [0, 0.05) is 77.5 Å². The van der Waals surface area contributed by atoms with Gasteiger partial charge in [-0.05, 0) is 25.5 Å². The number of aliphatic hydroxyl groups is 2. The van der Waals surface area contributed by atoms with Crippen LogP contribution in [0.25, 0.3) is 0 Å². The number of aldehydes is 1. The van der Waals surface area contributed by atoms with E-state index in [1.807, 2.05) is 9.80 Å². The van der Waals surface area contributed by atoms with E-state index in [1.165, 1.54) is 11.1 Å². The number of hydrogen-bond acceptors (Lipinski definition) is 9. The molecular formula is C25H46N4O8V. The minimum absolute atomic E-state index is 0. The van der Waals surface area contributed by atoms with Crippen molar-refractivity contribution in [2.75, 3.05) is 79.3 Å². The molecular weight excluding hydrogens is 535 g/mol. The van der Waals surface area contributed by atoms with Crippen molar-refractivity contribution in [1.29, 1.82) is 0 Å². The van der Waals surface area contributed by atoms with Gasteiger partial charge in [0.25, 0.3) is 6.47 Å². The molecule has 1 atom stereocenters. The van der Waals surface area contributed by atoms with Gasteiger partial charge in [-0.1, -0.05) is 36.8 Å². The van der Waals surface area contributed by atoms with Crippen LogP contribution in [-0.4, -0.2) is 150 Å². The molecule has 6 N–H and O–H groups in total. The van der Waals surface area contributed by atoms with Gasteiger partial charge >= 0.3 is 5.97 Å². The van der Waals surface area contributed by atoms with E-state index in [0.717, 1.165) is 39.5 Å². The molecule has 1 aliphatic rings. The molecule has 0 aliphatic carbocycles. The van der Waals surface area contributed by atoms with E-state index < -0.39 is 5.97 Å². The van der Waals surface area contributed by atoms with Crippen molar-refractivity contribution < 1.29 is 58.8 Å². The predicted octanol–water partition coefficient (Wildman–Crippen LogP) is -1.14. The number of likely N-dealkylation sites (N-methyl/N-ethyl adjacent to an activating group) is 1. The number of hydrogen-bond donors (Lipinski definition) is 4. The monoisotopic (exact) mass is 581 g/mol. The van der Waals surface area contributed by atoms with Gasteiger partial charge in [-0.25, -0.2) is 0 Å². The SMILES string of the molecule is CCN1CCN(CC(=O)O)CCN(CC=O)CCN(CO)C(Cc2ccc(C)cc2)C1.CO.O.O=CO.[V]. The third kappa shape index (κ3) is 17.6. The summed E-state index contributed by atoms with van der Waals surface area (Å²) in [6.45, 7) is 9.82. The molecule has 1 saturated heterocycles. The Morgan fingerprint density at radius 1 is 0.974 bits per heavy atom. The van der Waals surface area contributed by atoms with Crippen LogP contribution in [0.15, 0.2) is 24.3 Å². The largest absolute Gasteiger partial charge is 0.483 e. The van der Waals surface area contributed by atoms with Crippen LogP contribution in [-0.2, 0) is 39.4 Å². The fourth-order valence-corrected chi connectivity index (χ4v) is 4.05. The van der Waals surface area contributed by atoms with Crippen molar-refractivity contribution in [3.8, 4) is 0 Å². The van der Waals surface area contributed by atoms with Gasteiger partial charge in [0.2, 0.25) is 0 Å². The molecule has 0 aromatic heterocycles. The minimum atomic E-state index is -0.833. The first kappa shape index (κ1) is 40.6. The average molecular weight is 582 g/mol. The standard InChI is InChI=1S/C23H38N4O4.CH2O2.CH4O.H2O.V/c1-3-24-8-10-26(18-23(30)31)11-9-25(14-15-28)12-13-27(19-29)22(17-24)16-21-6-4-20(2)5-7-21;2-1-3;1-2;;/h4-7,15,22,29H,3,8-14,16-19H2,1-2H3,(H,30,31);1H,(H,2,3);2H,1H3;1H2;. The Kier molecular flexibility index (Phi) is 27.2. The molecule has 1 radical (unpaired) electrons. The predicted molar refractivity (Wildman–Crippen MR) is 142 cm³/mol. The molecule has 38 heavy (non-hydrogen) atoms. The smallest absolute Gasteiger partial charge is 0.317 e. The number of aliphatic hydroxyl groups excluding tert-OH is 2. The molecule has 12 nitrogen and oxygen atoms in total. The zero-order chi connectivity index (χ0) is 27.3. The van der Waals surface area contributed by atoms with Gasteiger partial charge in [0.05, 0.1) is 19.8 Å². The first-order valence-electron chi connectivity index (χ1n) is 12.1. The van der Waals surface area contributed by atoms with Crippen LogP contribution in [0.1, 0.15) is 18.1 Å². The van der Waals surface area contributed by atoms with E-state index in [1.54, 1.807) is 0 Å². The van der Waals surface area contributed by atoms with E-state index in [4.69, 9.17) is 15.0 Å². The van der Waals surface area contributed by atoms with Crippen molar-refractivity contribution in [1.82, 2.24) is 19.6 Å². The molecule has 1 aliphatic heterocycles. The first-order valence-corrected chi connectivity index (χ1v) is 12.1. The number of benzene rings is 1. The summed E-state index contributed by atoms with van der Waals surface area (Å²) in [6, 6.07) is 8.63. The summed E-state index contributed by atoms with van der Waals surface area (Å²) in [5.41, 5.74) is 2.45. The maximum atomic E-state index is 11.3. The van der Waals surface area contributed by atoms with Crippen LogP contribution in [0.4, 0.5) is 0 Å². The molecule has 1 aromatic carbocycles. The summed E-state index contributed by atoms with van der Waals surface area (Å²) in [6.07, 6.45) is 1.71. The van der Waals surface area contributed by atoms with Crippen molar-refractivity contribution in [2.24, 2.45) is 0 Å². The Labute approximate surface area is 238 Å². The second-order valence-electron chi connectivity index (χ2n) is 8.43. The Bertz CT molecular complexity index is 730. The van der Waals surface area contributed by atoms with Crippen LogP contribution >= 0.6 is 0 Å². The number of carboxylic acids is 1. The Morgan fingerprint density at radius 2 is 1.47 bits per heavy atom. The molecule has 1 heterocycles. The Hall–Kier alpha value is -1.87. The zero-order valence-corrected chi connectivity index (χ0v) is 24.2. The molecule has 0 spiro atoms. The van der Waals surface area contributed by atoms with Crippen LogP contribution in [0.5, 0.6) is 0 Å². The average Bonchev–Trinajstić information content (AvgIpc) is 2.86. The number of carbonyl (C=O) groups excluding carboxylic acids is 1. The fraction of sp³-hybridized carbons (Fsp3) is 0.640. The Balaban J connectivity index is -0.00000163. The van der Waals surface area contributed by atoms with E-state index >= 15 is 0 Å². The topological polar surface area (TPSA) is 177 Å². The van der Waals surface area contributed by atoms with Crippen LogP contribution in [0, 0.1) is 6.92 Å². The van der Waals surface area contributed by atoms with Crippen molar-refractivity contribution in [3.63, 3.8) is 0 Å². The molecule has 2 rings (SSSR count). The fourth-order valence-electron chi connectivity index (χ4n) is 4.05. The number of carbonyl (C=O) groups is 3. The number of aliphatic carboxylic acids is 1. The normalized spacial score (nSPS) is 17.9. The van der Waals surface area contributed by atoms with Crippen molar-refractivity contribution >= 4 is 18.7 Å². The summed E-state index contributed by atoms with van der Waals surface area (Å²) in [5.74, 6) is -0.833. The third-order valence-corrected chi connectivity index (χ3v) is 6.07. The van der Waals surface area contributed by atoms with Crippen molar-refractivity contribution in [3.05, 3.63) is 35.4 Å². The summed E-state index contributed by atoms with van der Waals surface area (Å²) < 4.78 is 0. The molecule has 0 bridgehead atoms. The van der Waals surface area contributed by atoms with Gasteiger partial charge in [-0.15, -0.1) is 0 Å². The van der Waals surface area contributed by atoms with Gasteiger partial charge in [0.15, 0.2) is 0 Å². The Morgan fingerprint density at radius 3 is 1.95 bits per heavy atom. The van der Waals surface area contributed by atoms with Crippen LogP contribution in [0.2, 0.25) is 0 Å². The molecule has 0 saturated carbocycles. The second kappa shape index (κ2) is 25.4. The molecule has 219 valence electrons. The van der Waals surface area contributed by atoms with E-state index in [2.05, 4.69) is 47.9 Å². The zero-order valence-electron chi connectivity index (χ0n) is 22.8. The molecule has 1 unspecified atom stereocenters. The maximum Gasteiger partial charge on any atom is 0.317 e. The van der Waals surface area contributed by atoms with E-state index in [9.17, 15) is 19.8 Å². The quantitative estimate of drug-likeness (QED) is 0.273. The summed E-state index contributed by atoms with van der Waals surface area (Å²) in [7, 11) is 1.00. The number of nitrogens with zero attached hydrogens (tertiary/aromatic N) is 4. The molecule has 1 aromatic rings. The number of aryl methyl sites for hydroxylation is 1.